The summed E-state index contributed by atoms with van der Waals surface area (Å²) in [5.74, 6) is 0.948. The molecule has 0 aliphatic rings. The van der Waals surface area contributed by atoms with E-state index in [1.807, 2.05) is 41.8 Å². The Morgan fingerprint density at radius 3 is 2.29 bits per heavy atom. The highest BCUT2D eigenvalue weighted by atomic mass is 32.1. The Kier molecular flexibility index (Phi) is 5.23. The molecule has 1 heterocycles. The van der Waals surface area contributed by atoms with Gasteiger partial charge in [0.25, 0.3) is 0 Å². The highest BCUT2D eigenvalue weighted by Gasteiger charge is 2.04. The standard InChI is InChI=1S/C19H16FNO2S/c20-15-5-9-17(10-6-15)23-16-7-3-14(4-8-16)13-21-19(22)12-18-2-1-11-24-18/h1-11H,12-13H2,(H,21,22). The molecule has 0 atom stereocenters. The maximum atomic E-state index is 12.9. The topological polar surface area (TPSA) is 38.3 Å². The molecule has 0 radical (unpaired) electrons. The highest BCUT2D eigenvalue weighted by Crippen LogP contribution is 2.21. The largest absolute Gasteiger partial charge is 0.457 e. The van der Waals surface area contributed by atoms with Crippen molar-refractivity contribution < 1.29 is 13.9 Å². The molecule has 2 aromatic carbocycles. The van der Waals surface area contributed by atoms with E-state index in [1.54, 1.807) is 23.5 Å². The fraction of sp³-hybridized carbons (Fsp3) is 0.105. The smallest absolute Gasteiger partial charge is 0.225 e. The van der Waals surface area contributed by atoms with E-state index >= 15 is 0 Å². The van der Waals surface area contributed by atoms with Crippen LogP contribution in [0.4, 0.5) is 4.39 Å². The number of carbonyl (C=O) groups is 1. The first-order chi connectivity index (χ1) is 11.7. The number of thiophene rings is 1. The Morgan fingerprint density at radius 1 is 1.00 bits per heavy atom. The first kappa shape index (κ1) is 16.2. The number of halogens is 1. The normalized spacial score (nSPS) is 10.4. The first-order valence-electron chi connectivity index (χ1n) is 7.50. The third-order valence-corrected chi connectivity index (χ3v) is 4.25. The summed E-state index contributed by atoms with van der Waals surface area (Å²) in [6, 6.07) is 17.2. The van der Waals surface area contributed by atoms with Crippen molar-refractivity contribution >= 4 is 17.2 Å². The molecule has 0 saturated carbocycles. The lowest BCUT2D eigenvalue weighted by Crippen LogP contribution is -2.24. The van der Waals surface area contributed by atoms with Gasteiger partial charge in [0.05, 0.1) is 6.42 Å². The van der Waals surface area contributed by atoms with Crippen LogP contribution in [0, 0.1) is 5.82 Å². The van der Waals surface area contributed by atoms with Gasteiger partial charge in [-0.25, -0.2) is 4.39 Å². The van der Waals surface area contributed by atoms with E-state index < -0.39 is 0 Å². The second-order valence-electron chi connectivity index (χ2n) is 5.23. The van der Waals surface area contributed by atoms with Gasteiger partial charge in [0.1, 0.15) is 17.3 Å². The Balaban J connectivity index is 1.50. The van der Waals surface area contributed by atoms with Crippen LogP contribution in [0.3, 0.4) is 0 Å². The molecule has 24 heavy (non-hydrogen) atoms. The van der Waals surface area contributed by atoms with Crippen LogP contribution in [-0.2, 0) is 17.8 Å². The van der Waals surface area contributed by atoms with Crippen molar-refractivity contribution in [3.05, 3.63) is 82.3 Å². The summed E-state index contributed by atoms with van der Waals surface area (Å²) in [5.41, 5.74) is 0.987. The van der Waals surface area contributed by atoms with Crippen molar-refractivity contribution in [1.29, 1.82) is 0 Å². The van der Waals surface area contributed by atoms with E-state index in [4.69, 9.17) is 4.74 Å². The maximum absolute atomic E-state index is 12.9. The number of ether oxygens (including phenoxy) is 1. The van der Waals surface area contributed by atoms with Gasteiger partial charge in [-0.05, 0) is 53.4 Å². The monoisotopic (exact) mass is 341 g/mol. The van der Waals surface area contributed by atoms with Gasteiger partial charge in [0, 0.05) is 11.4 Å². The van der Waals surface area contributed by atoms with Crippen LogP contribution in [0.25, 0.3) is 0 Å². The van der Waals surface area contributed by atoms with Gasteiger partial charge in [-0.15, -0.1) is 11.3 Å². The lowest BCUT2D eigenvalue weighted by atomic mass is 10.2. The number of rotatable bonds is 6. The summed E-state index contributed by atoms with van der Waals surface area (Å²) < 4.78 is 18.5. The number of benzene rings is 2. The fourth-order valence-electron chi connectivity index (χ4n) is 2.15. The molecule has 3 aromatic rings. The maximum Gasteiger partial charge on any atom is 0.225 e. The summed E-state index contributed by atoms with van der Waals surface area (Å²) in [4.78, 5) is 12.9. The number of nitrogens with one attached hydrogen (secondary N) is 1. The first-order valence-corrected chi connectivity index (χ1v) is 8.38. The summed E-state index contributed by atoms with van der Waals surface area (Å²) in [6.07, 6.45) is 0.406. The predicted molar refractivity (Wildman–Crippen MR) is 92.8 cm³/mol. The average molecular weight is 341 g/mol. The third-order valence-electron chi connectivity index (χ3n) is 3.38. The number of carbonyl (C=O) groups excluding carboxylic acids is 1. The number of amides is 1. The molecule has 0 spiro atoms. The third kappa shape index (κ3) is 4.67. The molecular weight excluding hydrogens is 325 g/mol. The molecule has 5 heteroatoms. The van der Waals surface area contributed by atoms with E-state index in [-0.39, 0.29) is 11.7 Å². The van der Waals surface area contributed by atoms with E-state index in [9.17, 15) is 9.18 Å². The Bertz CT molecular complexity index is 783. The molecule has 1 N–H and O–H groups in total. The van der Waals surface area contributed by atoms with E-state index in [0.717, 1.165) is 10.4 Å². The van der Waals surface area contributed by atoms with Crippen molar-refractivity contribution in [2.24, 2.45) is 0 Å². The molecular formula is C19H16FNO2S. The van der Waals surface area contributed by atoms with Gasteiger partial charge >= 0.3 is 0 Å². The minimum absolute atomic E-state index is 0.00379. The Morgan fingerprint density at radius 2 is 1.67 bits per heavy atom. The zero-order chi connectivity index (χ0) is 16.8. The number of hydrogen-bond donors (Lipinski definition) is 1. The molecule has 0 fully saturated rings. The SMILES string of the molecule is O=C(Cc1cccs1)NCc1ccc(Oc2ccc(F)cc2)cc1. The predicted octanol–water partition coefficient (Wildman–Crippen LogP) is 4.54. The van der Waals surface area contributed by atoms with Crippen molar-refractivity contribution in [3.63, 3.8) is 0 Å². The van der Waals surface area contributed by atoms with Crippen molar-refractivity contribution in [2.45, 2.75) is 13.0 Å². The minimum Gasteiger partial charge on any atom is -0.457 e. The lowest BCUT2D eigenvalue weighted by Gasteiger charge is -2.08. The van der Waals surface area contributed by atoms with Crippen LogP contribution in [0.15, 0.2) is 66.0 Å². The van der Waals surface area contributed by atoms with Gasteiger partial charge in [0.15, 0.2) is 0 Å². The zero-order valence-corrected chi connectivity index (χ0v) is 13.7. The fourth-order valence-corrected chi connectivity index (χ4v) is 2.85. The molecule has 1 amide bonds. The summed E-state index contributed by atoms with van der Waals surface area (Å²) >= 11 is 1.58. The van der Waals surface area contributed by atoms with Crippen molar-refractivity contribution in [2.75, 3.05) is 0 Å². The van der Waals surface area contributed by atoms with Crippen LogP contribution < -0.4 is 10.1 Å². The summed E-state index contributed by atoms with van der Waals surface area (Å²) in [5, 5.41) is 4.86. The minimum atomic E-state index is -0.295. The van der Waals surface area contributed by atoms with Crippen LogP contribution >= 0.6 is 11.3 Å². The average Bonchev–Trinajstić information content (AvgIpc) is 3.09. The Labute approximate surface area is 143 Å². The molecule has 0 bridgehead atoms. The number of hydrogen-bond acceptors (Lipinski definition) is 3. The molecule has 3 rings (SSSR count). The van der Waals surface area contributed by atoms with Crippen LogP contribution in [0.1, 0.15) is 10.4 Å². The molecule has 0 unspecified atom stereocenters. The molecule has 0 aliphatic carbocycles. The quantitative estimate of drug-likeness (QED) is 0.715. The lowest BCUT2D eigenvalue weighted by molar-refractivity contribution is -0.120. The summed E-state index contributed by atoms with van der Waals surface area (Å²) in [7, 11) is 0. The molecule has 0 saturated heterocycles. The van der Waals surface area contributed by atoms with E-state index in [0.29, 0.717) is 24.5 Å². The molecule has 0 aliphatic heterocycles. The van der Waals surface area contributed by atoms with Gasteiger partial charge in [-0.3, -0.25) is 4.79 Å². The van der Waals surface area contributed by atoms with Crippen LogP contribution in [0.2, 0.25) is 0 Å². The van der Waals surface area contributed by atoms with Gasteiger partial charge in [0.2, 0.25) is 5.91 Å². The molecule has 3 nitrogen and oxygen atoms in total. The van der Waals surface area contributed by atoms with E-state index in [1.165, 1.54) is 12.1 Å². The van der Waals surface area contributed by atoms with Crippen LogP contribution in [0.5, 0.6) is 11.5 Å². The van der Waals surface area contributed by atoms with Gasteiger partial charge in [-0.1, -0.05) is 18.2 Å². The second-order valence-corrected chi connectivity index (χ2v) is 6.27. The van der Waals surface area contributed by atoms with Crippen molar-refractivity contribution in [3.8, 4) is 11.5 Å². The van der Waals surface area contributed by atoms with Gasteiger partial charge in [-0.2, -0.15) is 0 Å². The second kappa shape index (κ2) is 7.75. The molecule has 122 valence electrons. The summed E-state index contributed by atoms with van der Waals surface area (Å²) in [6.45, 7) is 0.473. The van der Waals surface area contributed by atoms with Gasteiger partial charge < -0.3 is 10.1 Å². The van der Waals surface area contributed by atoms with E-state index in [2.05, 4.69) is 5.32 Å². The highest BCUT2D eigenvalue weighted by molar-refractivity contribution is 7.10. The molecule has 1 aromatic heterocycles. The zero-order valence-electron chi connectivity index (χ0n) is 12.9. The van der Waals surface area contributed by atoms with Crippen LogP contribution in [-0.4, -0.2) is 5.91 Å². The Hall–Kier alpha value is -2.66. The van der Waals surface area contributed by atoms with Crippen molar-refractivity contribution in [1.82, 2.24) is 5.32 Å².